The number of thiazole rings is 1. The molecule has 3 heterocycles. The zero-order chi connectivity index (χ0) is 25.8. The minimum Gasteiger partial charge on any atom is -0.481 e. The number of halogens is 2. The molecule has 4 rings (SSSR count). The number of methoxy groups -OCH3 is 1. The van der Waals surface area contributed by atoms with Crippen LogP contribution in [0.15, 0.2) is 46.0 Å². The third kappa shape index (κ3) is 5.90. The summed E-state index contributed by atoms with van der Waals surface area (Å²) in [5.74, 6) is -1.44. The van der Waals surface area contributed by atoms with E-state index in [0.29, 0.717) is 70.4 Å². The van der Waals surface area contributed by atoms with E-state index in [2.05, 4.69) is 15.2 Å². The number of nitrogens with zero attached hydrogens (tertiary/aromatic N) is 3. The molecule has 0 aliphatic carbocycles. The van der Waals surface area contributed by atoms with E-state index >= 15 is 0 Å². The van der Waals surface area contributed by atoms with Crippen LogP contribution in [0.5, 0.6) is 0 Å². The predicted molar refractivity (Wildman–Crippen MR) is 138 cm³/mol. The molecule has 2 N–H and O–H groups in total. The van der Waals surface area contributed by atoms with Crippen molar-refractivity contribution >= 4 is 52.3 Å². The van der Waals surface area contributed by atoms with Crippen molar-refractivity contribution in [2.24, 2.45) is 10.9 Å². The number of esters is 1. The van der Waals surface area contributed by atoms with Crippen LogP contribution in [-0.4, -0.2) is 72.2 Å². The third-order valence-electron chi connectivity index (χ3n) is 6.18. The third-order valence-corrected chi connectivity index (χ3v) is 7.52. The van der Waals surface area contributed by atoms with E-state index in [9.17, 15) is 14.7 Å². The predicted octanol–water partition coefficient (Wildman–Crippen LogP) is 3.78. The van der Waals surface area contributed by atoms with Gasteiger partial charge in [-0.2, -0.15) is 0 Å². The van der Waals surface area contributed by atoms with Gasteiger partial charge in [0.1, 0.15) is 6.04 Å². The number of aliphatic imine (C=N–C) groups is 1. The van der Waals surface area contributed by atoms with Crippen LogP contribution in [0, 0.1) is 5.92 Å². The number of benzene rings is 1. The molecule has 192 valence electrons. The summed E-state index contributed by atoms with van der Waals surface area (Å²) in [6.07, 6.45) is 2.09. The Morgan fingerprint density at radius 1 is 1.39 bits per heavy atom. The SMILES string of the molecule is COC(=O)C1=C(CN2CCOC[C@H]2CC(C)C(=O)O)NC(c2nccs2)=N[C@H]1c1ccc(Cl)cc1Cl. The molecular formula is C24H26Cl2N4O5S. The summed E-state index contributed by atoms with van der Waals surface area (Å²) in [6.45, 7) is 3.49. The van der Waals surface area contributed by atoms with E-state index in [1.807, 2.05) is 5.38 Å². The van der Waals surface area contributed by atoms with Crippen molar-refractivity contribution in [2.75, 3.05) is 33.4 Å². The molecule has 1 fully saturated rings. The molecule has 0 spiro atoms. The van der Waals surface area contributed by atoms with Gasteiger partial charge in [-0.1, -0.05) is 36.2 Å². The monoisotopic (exact) mass is 552 g/mol. The van der Waals surface area contributed by atoms with Gasteiger partial charge in [-0.3, -0.25) is 14.7 Å². The Balaban J connectivity index is 1.77. The first-order valence-electron chi connectivity index (χ1n) is 11.3. The Morgan fingerprint density at radius 2 is 2.19 bits per heavy atom. The lowest BCUT2D eigenvalue weighted by atomic mass is 9.94. The highest BCUT2D eigenvalue weighted by Gasteiger charge is 2.36. The standard InChI is InChI=1S/C24H26Cl2N4O5S/c1-13(23(31)32)9-15-12-35-7-6-30(15)11-18-19(24(33)34-2)20(16-4-3-14(25)10-17(16)26)29-21(28-18)22-27-5-8-36-22/h3-5,8,10,13,15,20H,6-7,9,11-12H2,1-2H3,(H,28,29)(H,31,32)/t13?,15-,20+/m1/s1. The Kier molecular flexibility index (Phi) is 8.63. The van der Waals surface area contributed by atoms with Crippen molar-refractivity contribution < 1.29 is 24.2 Å². The van der Waals surface area contributed by atoms with Crippen molar-refractivity contribution in [1.29, 1.82) is 0 Å². The van der Waals surface area contributed by atoms with Gasteiger partial charge < -0.3 is 19.9 Å². The summed E-state index contributed by atoms with van der Waals surface area (Å²) in [4.78, 5) is 35.9. The summed E-state index contributed by atoms with van der Waals surface area (Å²) < 4.78 is 10.8. The van der Waals surface area contributed by atoms with Crippen LogP contribution >= 0.6 is 34.5 Å². The molecule has 1 unspecified atom stereocenters. The Hall–Kier alpha value is -2.50. The average Bonchev–Trinajstić information content (AvgIpc) is 3.39. The molecule has 2 aliphatic rings. The molecule has 0 radical (unpaired) electrons. The molecular weight excluding hydrogens is 527 g/mol. The fourth-order valence-electron chi connectivity index (χ4n) is 4.29. The van der Waals surface area contributed by atoms with Gasteiger partial charge in [0.25, 0.3) is 0 Å². The molecule has 2 aliphatic heterocycles. The molecule has 9 nitrogen and oxygen atoms in total. The minimum absolute atomic E-state index is 0.141. The van der Waals surface area contributed by atoms with E-state index in [1.54, 1.807) is 31.3 Å². The number of ether oxygens (including phenoxy) is 2. The number of aromatic nitrogens is 1. The number of hydrogen-bond acceptors (Lipinski definition) is 9. The van der Waals surface area contributed by atoms with Crippen molar-refractivity contribution in [3.8, 4) is 0 Å². The molecule has 12 heteroatoms. The second-order valence-electron chi connectivity index (χ2n) is 8.57. The van der Waals surface area contributed by atoms with Gasteiger partial charge in [0.15, 0.2) is 10.8 Å². The van der Waals surface area contributed by atoms with Crippen LogP contribution in [0.25, 0.3) is 0 Å². The largest absolute Gasteiger partial charge is 0.481 e. The Bertz CT molecular complexity index is 1190. The van der Waals surface area contributed by atoms with E-state index in [-0.39, 0.29) is 6.04 Å². The second kappa shape index (κ2) is 11.7. The number of rotatable bonds is 8. The second-order valence-corrected chi connectivity index (χ2v) is 10.3. The highest BCUT2D eigenvalue weighted by atomic mass is 35.5. The van der Waals surface area contributed by atoms with Gasteiger partial charge in [0, 0.05) is 52.0 Å². The molecule has 0 bridgehead atoms. The van der Waals surface area contributed by atoms with Crippen molar-refractivity contribution in [2.45, 2.75) is 25.4 Å². The zero-order valence-electron chi connectivity index (χ0n) is 19.7. The molecule has 3 atom stereocenters. The van der Waals surface area contributed by atoms with Crippen molar-refractivity contribution in [3.63, 3.8) is 0 Å². The number of hydrogen-bond donors (Lipinski definition) is 2. The van der Waals surface area contributed by atoms with Gasteiger partial charge in [0.05, 0.1) is 31.8 Å². The van der Waals surface area contributed by atoms with Crippen LogP contribution in [0.3, 0.4) is 0 Å². The Labute approximate surface area is 222 Å². The number of carboxylic acids is 1. The number of carbonyl (C=O) groups is 2. The first-order chi connectivity index (χ1) is 17.3. The van der Waals surface area contributed by atoms with Gasteiger partial charge in [0.2, 0.25) is 0 Å². The summed E-state index contributed by atoms with van der Waals surface area (Å²) in [6, 6.07) is 4.16. The first kappa shape index (κ1) is 26.6. The molecule has 1 aromatic heterocycles. The smallest absolute Gasteiger partial charge is 0.338 e. The number of amidine groups is 1. The maximum absolute atomic E-state index is 13.1. The fourth-order valence-corrected chi connectivity index (χ4v) is 5.39. The molecule has 0 amide bonds. The van der Waals surface area contributed by atoms with Crippen molar-refractivity contribution in [3.05, 3.63) is 61.7 Å². The zero-order valence-corrected chi connectivity index (χ0v) is 22.1. The number of morpholine rings is 1. The topological polar surface area (TPSA) is 113 Å². The van der Waals surface area contributed by atoms with Gasteiger partial charge in [-0.25, -0.2) is 9.78 Å². The van der Waals surface area contributed by atoms with E-state index in [1.165, 1.54) is 18.4 Å². The summed E-state index contributed by atoms with van der Waals surface area (Å²) >= 11 is 14.1. The average molecular weight is 553 g/mol. The van der Waals surface area contributed by atoms with Crippen LogP contribution in [0.1, 0.15) is 30.0 Å². The fraction of sp³-hybridized carbons (Fsp3) is 0.417. The molecule has 1 saturated heterocycles. The van der Waals surface area contributed by atoms with E-state index in [4.69, 9.17) is 37.7 Å². The highest BCUT2D eigenvalue weighted by molar-refractivity contribution is 7.11. The van der Waals surface area contributed by atoms with Gasteiger partial charge in [-0.05, 0) is 18.6 Å². The highest BCUT2D eigenvalue weighted by Crippen LogP contribution is 2.37. The van der Waals surface area contributed by atoms with Crippen LogP contribution in [-0.2, 0) is 19.1 Å². The lowest BCUT2D eigenvalue weighted by Crippen LogP contribution is -2.49. The van der Waals surface area contributed by atoms with E-state index < -0.39 is 23.9 Å². The normalized spacial score (nSPS) is 21.5. The lowest BCUT2D eigenvalue weighted by molar-refractivity contribution is -0.142. The van der Waals surface area contributed by atoms with Gasteiger partial charge >= 0.3 is 11.9 Å². The number of carboxylic acid groups (broad SMARTS) is 1. The maximum Gasteiger partial charge on any atom is 0.338 e. The van der Waals surface area contributed by atoms with Crippen molar-refractivity contribution in [1.82, 2.24) is 15.2 Å². The van der Waals surface area contributed by atoms with Gasteiger partial charge in [-0.15, -0.1) is 11.3 Å². The maximum atomic E-state index is 13.1. The summed E-state index contributed by atoms with van der Waals surface area (Å²) in [5.41, 5.74) is 1.51. The molecule has 36 heavy (non-hydrogen) atoms. The number of nitrogens with one attached hydrogen (secondary N) is 1. The Morgan fingerprint density at radius 3 is 2.86 bits per heavy atom. The van der Waals surface area contributed by atoms with Crippen LogP contribution in [0.2, 0.25) is 10.0 Å². The molecule has 2 aromatic rings. The summed E-state index contributed by atoms with van der Waals surface area (Å²) in [7, 11) is 1.32. The van der Waals surface area contributed by atoms with Crippen LogP contribution < -0.4 is 5.32 Å². The number of aliphatic carboxylic acids is 1. The first-order valence-corrected chi connectivity index (χ1v) is 13.0. The van der Waals surface area contributed by atoms with E-state index in [0.717, 1.165) is 0 Å². The number of carbonyl (C=O) groups excluding carboxylic acids is 1. The molecule has 0 saturated carbocycles. The van der Waals surface area contributed by atoms with Crippen LogP contribution in [0.4, 0.5) is 0 Å². The lowest BCUT2D eigenvalue weighted by Gasteiger charge is -2.38. The summed E-state index contributed by atoms with van der Waals surface area (Å²) in [5, 5.41) is 16.1. The minimum atomic E-state index is -0.860. The molecule has 1 aromatic carbocycles. The quantitative estimate of drug-likeness (QED) is 0.475.